The van der Waals surface area contributed by atoms with Crippen LogP contribution in [0.15, 0.2) is 48.5 Å². The summed E-state index contributed by atoms with van der Waals surface area (Å²) in [6, 6.07) is 15.5. The summed E-state index contributed by atoms with van der Waals surface area (Å²) in [6.07, 6.45) is -0.661. The van der Waals surface area contributed by atoms with Crippen LogP contribution in [-0.2, 0) is 15.8 Å². The zero-order chi connectivity index (χ0) is 15.5. The first-order chi connectivity index (χ1) is 9.85. The van der Waals surface area contributed by atoms with Gasteiger partial charge in [0.1, 0.15) is 11.9 Å². The van der Waals surface area contributed by atoms with Gasteiger partial charge in [0.15, 0.2) is 0 Å². The molecule has 2 aromatic carbocycles. The molecule has 2 aromatic rings. The van der Waals surface area contributed by atoms with Crippen molar-refractivity contribution in [3.8, 4) is 11.1 Å². The Balaban J connectivity index is 2.11. The summed E-state index contributed by atoms with van der Waals surface area (Å²) in [5.74, 6) is -0.452. The van der Waals surface area contributed by atoms with E-state index < -0.39 is 19.5 Å². The minimum absolute atomic E-state index is 0.0408. The van der Waals surface area contributed by atoms with Gasteiger partial charge < -0.3 is 9.79 Å². The quantitative estimate of drug-likeness (QED) is 0.833. The molecular weight excluding hydrogens is 287 g/mol. The molecule has 0 saturated carbocycles. The highest BCUT2D eigenvalue weighted by Gasteiger charge is 2.18. The Hall–Kier alpha value is -1.74. The van der Waals surface area contributed by atoms with Crippen LogP contribution < -0.4 is 0 Å². The molecule has 0 aliphatic heterocycles. The van der Waals surface area contributed by atoms with Crippen molar-refractivity contribution in [3.05, 3.63) is 59.7 Å². The SMILES string of the molecule is Cc1ccccc1-c1ccc(CC(=O)CP(=O)(O)O)cc1. The summed E-state index contributed by atoms with van der Waals surface area (Å²) in [5, 5.41) is 0. The lowest BCUT2D eigenvalue weighted by molar-refractivity contribution is -0.116. The zero-order valence-electron chi connectivity index (χ0n) is 11.7. The number of carbonyl (C=O) groups is 1. The van der Waals surface area contributed by atoms with E-state index in [-0.39, 0.29) is 6.42 Å². The number of benzene rings is 2. The maximum absolute atomic E-state index is 11.5. The fourth-order valence-electron chi connectivity index (χ4n) is 2.21. The minimum Gasteiger partial charge on any atom is -0.324 e. The molecule has 21 heavy (non-hydrogen) atoms. The van der Waals surface area contributed by atoms with E-state index in [1.165, 1.54) is 5.56 Å². The van der Waals surface area contributed by atoms with E-state index in [2.05, 4.69) is 0 Å². The van der Waals surface area contributed by atoms with Crippen LogP contribution in [0, 0.1) is 6.92 Å². The standard InChI is InChI=1S/C16H17O4P/c1-12-4-2-3-5-16(12)14-8-6-13(7-9-14)10-15(17)11-21(18,19)20/h2-9H,10-11H2,1H3,(H2,18,19,20). The van der Waals surface area contributed by atoms with Gasteiger partial charge in [-0.15, -0.1) is 0 Å². The molecule has 2 rings (SSSR count). The van der Waals surface area contributed by atoms with Gasteiger partial charge in [0.2, 0.25) is 0 Å². The Morgan fingerprint density at radius 2 is 1.67 bits per heavy atom. The molecule has 2 N–H and O–H groups in total. The lowest BCUT2D eigenvalue weighted by atomic mass is 9.99. The van der Waals surface area contributed by atoms with Crippen LogP contribution in [0.4, 0.5) is 0 Å². The summed E-state index contributed by atoms with van der Waals surface area (Å²) in [5.41, 5.74) is 4.11. The molecule has 0 fully saturated rings. The van der Waals surface area contributed by atoms with Gasteiger partial charge in [-0.05, 0) is 29.2 Å². The van der Waals surface area contributed by atoms with Gasteiger partial charge in [-0.25, -0.2) is 0 Å². The number of carbonyl (C=O) groups excluding carboxylic acids is 1. The van der Waals surface area contributed by atoms with Gasteiger partial charge in [0.25, 0.3) is 0 Å². The molecule has 0 radical (unpaired) electrons. The molecule has 0 bridgehead atoms. The van der Waals surface area contributed by atoms with Gasteiger partial charge >= 0.3 is 7.60 Å². The molecule has 110 valence electrons. The van der Waals surface area contributed by atoms with Crippen LogP contribution in [-0.4, -0.2) is 21.7 Å². The van der Waals surface area contributed by atoms with Crippen LogP contribution in [0.25, 0.3) is 11.1 Å². The molecule has 0 aromatic heterocycles. The zero-order valence-corrected chi connectivity index (χ0v) is 12.6. The molecule has 5 heteroatoms. The molecule has 0 atom stereocenters. The van der Waals surface area contributed by atoms with Crippen LogP contribution in [0.3, 0.4) is 0 Å². The number of ketones is 1. The Morgan fingerprint density at radius 3 is 2.24 bits per heavy atom. The first-order valence-electron chi connectivity index (χ1n) is 6.56. The molecule has 0 aliphatic rings. The first kappa shape index (κ1) is 15.6. The number of rotatable bonds is 5. The lowest BCUT2D eigenvalue weighted by Crippen LogP contribution is -2.08. The average Bonchev–Trinajstić information content (AvgIpc) is 2.38. The number of hydrogen-bond acceptors (Lipinski definition) is 2. The van der Waals surface area contributed by atoms with Gasteiger partial charge in [-0.1, -0.05) is 48.5 Å². The smallest absolute Gasteiger partial charge is 0.324 e. The Morgan fingerprint density at radius 1 is 1.05 bits per heavy atom. The molecule has 0 aliphatic carbocycles. The number of Topliss-reactive ketones (excluding diaryl/α,β-unsaturated/α-hetero) is 1. The number of hydrogen-bond donors (Lipinski definition) is 2. The topological polar surface area (TPSA) is 74.6 Å². The van der Waals surface area contributed by atoms with Crippen LogP contribution in [0.1, 0.15) is 11.1 Å². The average molecular weight is 304 g/mol. The normalized spacial score (nSPS) is 11.4. The van der Waals surface area contributed by atoms with E-state index in [9.17, 15) is 9.36 Å². The lowest BCUT2D eigenvalue weighted by Gasteiger charge is -2.07. The van der Waals surface area contributed by atoms with E-state index in [0.29, 0.717) is 0 Å². The Labute approximate surface area is 123 Å². The maximum atomic E-state index is 11.5. The van der Waals surface area contributed by atoms with Gasteiger partial charge in [-0.3, -0.25) is 9.36 Å². The summed E-state index contributed by atoms with van der Waals surface area (Å²) in [4.78, 5) is 29.1. The van der Waals surface area contributed by atoms with E-state index in [1.54, 1.807) is 0 Å². The molecule has 0 saturated heterocycles. The monoisotopic (exact) mass is 304 g/mol. The summed E-state index contributed by atoms with van der Waals surface area (Å²) >= 11 is 0. The van der Waals surface area contributed by atoms with E-state index in [0.717, 1.165) is 16.7 Å². The Bertz CT molecular complexity index is 686. The van der Waals surface area contributed by atoms with Crippen LogP contribution in [0.5, 0.6) is 0 Å². The third-order valence-corrected chi connectivity index (χ3v) is 3.96. The van der Waals surface area contributed by atoms with Crippen LogP contribution in [0.2, 0.25) is 0 Å². The number of aryl methyl sites for hydroxylation is 1. The third kappa shape index (κ3) is 4.64. The fourth-order valence-corrected chi connectivity index (χ4v) is 2.78. The van der Waals surface area contributed by atoms with Crippen LogP contribution >= 0.6 is 7.60 Å². The molecule has 0 amide bonds. The van der Waals surface area contributed by atoms with Crippen molar-refractivity contribution in [1.82, 2.24) is 0 Å². The molecule has 0 unspecified atom stereocenters. The third-order valence-electron chi connectivity index (χ3n) is 3.19. The second-order valence-electron chi connectivity index (χ2n) is 5.05. The molecule has 0 heterocycles. The summed E-state index contributed by atoms with van der Waals surface area (Å²) < 4.78 is 10.8. The van der Waals surface area contributed by atoms with Gasteiger partial charge in [-0.2, -0.15) is 0 Å². The Kier molecular flexibility index (Phi) is 4.73. The minimum atomic E-state index is -4.27. The van der Waals surface area contributed by atoms with E-state index in [4.69, 9.17) is 9.79 Å². The molecular formula is C16H17O4P. The van der Waals surface area contributed by atoms with Crippen molar-refractivity contribution in [1.29, 1.82) is 0 Å². The highest BCUT2D eigenvalue weighted by Crippen LogP contribution is 2.34. The first-order valence-corrected chi connectivity index (χ1v) is 8.36. The second-order valence-corrected chi connectivity index (χ2v) is 6.70. The maximum Gasteiger partial charge on any atom is 0.332 e. The fraction of sp³-hybridized carbons (Fsp3) is 0.188. The van der Waals surface area contributed by atoms with Crippen molar-refractivity contribution in [3.63, 3.8) is 0 Å². The summed E-state index contributed by atoms with van der Waals surface area (Å²) in [7, 11) is -4.27. The second kappa shape index (κ2) is 6.35. The predicted molar refractivity (Wildman–Crippen MR) is 82.2 cm³/mol. The predicted octanol–water partition coefficient (Wildman–Crippen LogP) is 2.95. The molecule has 4 nitrogen and oxygen atoms in total. The summed E-state index contributed by atoms with van der Waals surface area (Å²) in [6.45, 7) is 2.03. The highest BCUT2D eigenvalue weighted by atomic mass is 31.2. The van der Waals surface area contributed by atoms with E-state index >= 15 is 0 Å². The van der Waals surface area contributed by atoms with Crippen molar-refractivity contribution in [2.75, 3.05) is 6.16 Å². The van der Waals surface area contributed by atoms with Gasteiger partial charge in [0, 0.05) is 6.42 Å². The van der Waals surface area contributed by atoms with Gasteiger partial charge in [0.05, 0.1) is 0 Å². The van der Waals surface area contributed by atoms with Crippen molar-refractivity contribution >= 4 is 13.4 Å². The van der Waals surface area contributed by atoms with E-state index in [1.807, 2.05) is 55.5 Å². The van der Waals surface area contributed by atoms with Crippen molar-refractivity contribution in [2.45, 2.75) is 13.3 Å². The van der Waals surface area contributed by atoms with Crippen molar-refractivity contribution in [2.24, 2.45) is 0 Å². The molecule has 0 spiro atoms. The highest BCUT2D eigenvalue weighted by molar-refractivity contribution is 7.52. The largest absolute Gasteiger partial charge is 0.332 e. The van der Waals surface area contributed by atoms with Crippen molar-refractivity contribution < 1.29 is 19.1 Å².